The molecule has 84 valence electrons. The van der Waals surface area contributed by atoms with Crippen LogP contribution in [-0.4, -0.2) is 39.6 Å². The van der Waals surface area contributed by atoms with Gasteiger partial charge in [0.2, 0.25) is 0 Å². The lowest BCUT2D eigenvalue weighted by Gasteiger charge is -2.24. The molecule has 0 radical (unpaired) electrons. The summed E-state index contributed by atoms with van der Waals surface area (Å²) in [6, 6.07) is -7.07. The zero-order valence-electron chi connectivity index (χ0n) is 7.68. The first-order chi connectivity index (χ1) is 6.35. The summed E-state index contributed by atoms with van der Waals surface area (Å²) in [5.41, 5.74) is 0. The van der Waals surface area contributed by atoms with Crippen LogP contribution in [0.1, 0.15) is 0 Å². The molecule has 2 atom stereocenters. The maximum Gasteiger partial charge on any atom is 0.458 e. The first-order valence-corrected chi connectivity index (χ1v) is 3.47. The Morgan fingerprint density at radius 2 is 1.14 bits per heavy atom. The molecule has 0 bridgehead atoms. The molecule has 0 aliphatic carbocycles. The van der Waals surface area contributed by atoms with Crippen LogP contribution in [0.15, 0.2) is 0 Å². The van der Waals surface area contributed by atoms with Crippen LogP contribution in [0.4, 0.5) is 13.2 Å². The first kappa shape index (κ1) is 11.7. The van der Waals surface area contributed by atoms with Gasteiger partial charge in [-0.15, -0.1) is 0 Å². The molecule has 8 heteroatoms. The minimum Gasteiger partial charge on any atom is -0.320 e. The monoisotopic (exact) mass is 218 g/mol. The van der Waals surface area contributed by atoms with Gasteiger partial charge in [-0.1, -0.05) is 0 Å². The number of hydrogen-bond acceptors (Lipinski definition) is 5. The van der Waals surface area contributed by atoms with Gasteiger partial charge in [0.15, 0.2) is 0 Å². The smallest absolute Gasteiger partial charge is 0.320 e. The molecule has 0 spiro atoms. The van der Waals surface area contributed by atoms with Crippen molar-refractivity contribution >= 4 is 0 Å². The summed E-state index contributed by atoms with van der Waals surface area (Å²) in [6.45, 7) is 0. The molecule has 0 aromatic carbocycles. The van der Waals surface area contributed by atoms with Crippen LogP contribution in [0.25, 0.3) is 0 Å². The maximum absolute atomic E-state index is 13.4. The molecule has 1 aliphatic rings. The summed E-state index contributed by atoms with van der Waals surface area (Å²) < 4.78 is 59.4. The van der Waals surface area contributed by atoms with Crippen LogP contribution in [-0.2, 0) is 23.7 Å². The molecule has 2 unspecified atom stereocenters. The maximum atomic E-state index is 13.4. The molecule has 0 saturated carbocycles. The zero-order chi connectivity index (χ0) is 11.0. The van der Waals surface area contributed by atoms with E-state index in [9.17, 15) is 13.2 Å². The van der Waals surface area contributed by atoms with E-state index in [0.29, 0.717) is 0 Å². The Labute approximate surface area is 77.6 Å². The largest absolute Gasteiger partial charge is 0.458 e. The fourth-order valence-electron chi connectivity index (χ4n) is 0.867. The van der Waals surface area contributed by atoms with E-state index in [0.717, 1.165) is 21.3 Å². The highest BCUT2D eigenvalue weighted by Gasteiger charge is 2.74. The van der Waals surface area contributed by atoms with Crippen molar-refractivity contribution < 1.29 is 36.9 Å². The summed E-state index contributed by atoms with van der Waals surface area (Å²) in [7, 11) is 2.29. The predicted octanol–water partition coefficient (Wildman–Crippen LogP) is 0.800. The highest BCUT2D eigenvalue weighted by atomic mass is 19.2. The molecule has 0 aromatic rings. The van der Waals surface area contributed by atoms with Gasteiger partial charge < -0.3 is 14.2 Å². The van der Waals surface area contributed by atoms with Gasteiger partial charge in [0.25, 0.3) is 0 Å². The third-order valence-electron chi connectivity index (χ3n) is 1.63. The van der Waals surface area contributed by atoms with Gasteiger partial charge in [0.1, 0.15) is 0 Å². The van der Waals surface area contributed by atoms with Crippen molar-refractivity contribution in [3.05, 3.63) is 0 Å². The van der Waals surface area contributed by atoms with Crippen molar-refractivity contribution in [3.63, 3.8) is 0 Å². The standard InChI is InChI=1S/C6H9F3O5/c1-10-4(7)5(8,11-2)14-6(9,12-3)13-4/h1-3H3. The molecule has 1 fully saturated rings. The normalized spacial score (nSPS) is 48.4. The van der Waals surface area contributed by atoms with E-state index in [2.05, 4.69) is 23.7 Å². The van der Waals surface area contributed by atoms with Crippen molar-refractivity contribution in [1.82, 2.24) is 0 Å². The average molecular weight is 218 g/mol. The number of hydrogen-bond donors (Lipinski definition) is 0. The van der Waals surface area contributed by atoms with Crippen LogP contribution in [0, 0.1) is 0 Å². The lowest BCUT2D eigenvalue weighted by molar-refractivity contribution is -0.446. The van der Waals surface area contributed by atoms with E-state index in [1.807, 2.05) is 0 Å². The van der Waals surface area contributed by atoms with Gasteiger partial charge >= 0.3 is 18.3 Å². The van der Waals surface area contributed by atoms with Gasteiger partial charge in [0, 0.05) is 21.3 Å². The highest BCUT2D eigenvalue weighted by Crippen LogP contribution is 2.48. The van der Waals surface area contributed by atoms with Gasteiger partial charge in [-0.05, 0) is 0 Å². The zero-order valence-corrected chi connectivity index (χ0v) is 7.68. The van der Waals surface area contributed by atoms with Crippen LogP contribution < -0.4 is 0 Å². The third-order valence-corrected chi connectivity index (χ3v) is 1.63. The van der Waals surface area contributed by atoms with Gasteiger partial charge in [-0.25, -0.2) is 9.47 Å². The van der Waals surface area contributed by atoms with E-state index >= 15 is 0 Å². The summed E-state index contributed by atoms with van der Waals surface area (Å²) in [4.78, 5) is 0. The molecule has 1 rings (SSSR count). The Balaban J connectivity index is 2.97. The van der Waals surface area contributed by atoms with Crippen molar-refractivity contribution in [2.45, 2.75) is 18.3 Å². The average Bonchev–Trinajstić information content (AvgIpc) is 2.37. The van der Waals surface area contributed by atoms with Gasteiger partial charge in [-0.3, -0.25) is 0 Å². The number of ether oxygens (including phenoxy) is 5. The Morgan fingerprint density at radius 3 is 1.36 bits per heavy atom. The quantitative estimate of drug-likeness (QED) is 0.701. The van der Waals surface area contributed by atoms with Crippen LogP contribution >= 0.6 is 0 Å². The molecular weight excluding hydrogens is 209 g/mol. The van der Waals surface area contributed by atoms with Crippen molar-refractivity contribution in [2.75, 3.05) is 21.3 Å². The van der Waals surface area contributed by atoms with Crippen molar-refractivity contribution in [1.29, 1.82) is 0 Å². The van der Waals surface area contributed by atoms with Crippen LogP contribution in [0.5, 0.6) is 0 Å². The first-order valence-electron chi connectivity index (χ1n) is 3.47. The number of halogens is 3. The second-order valence-corrected chi connectivity index (χ2v) is 2.37. The summed E-state index contributed by atoms with van der Waals surface area (Å²) >= 11 is 0. The minimum absolute atomic E-state index is 0.748. The lowest BCUT2D eigenvalue weighted by Crippen LogP contribution is -2.47. The molecule has 1 saturated heterocycles. The van der Waals surface area contributed by atoms with E-state index in [1.165, 1.54) is 0 Å². The molecule has 1 aliphatic heterocycles. The SMILES string of the molecule is COC1(F)OC(F)(OC)C(F)(OC)O1. The fraction of sp³-hybridized carbons (Fsp3) is 1.00. The number of alkyl halides is 3. The fourth-order valence-corrected chi connectivity index (χ4v) is 0.867. The van der Waals surface area contributed by atoms with Gasteiger partial charge in [-0.2, -0.15) is 13.2 Å². The summed E-state index contributed by atoms with van der Waals surface area (Å²) in [5, 5.41) is 0. The van der Waals surface area contributed by atoms with E-state index in [4.69, 9.17) is 0 Å². The molecule has 5 nitrogen and oxygen atoms in total. The second-order valence-electron chi connectivity index (χ2n) is 2.37. The number of methoxy groups -OCH3 is 3. The molecule has 14 heavy (non-hydrogen) atoms. The minimum atomic E-state index is -3.54. The predicted molar refractivity (Wildman–Crippen MR) is 34.7 cm³/mol. The Hall–Kier alpha value is -0.410. The summed E-state index contributed by atoms with van der Waals surface area (Å²) in [6.07, 6.45) is -3.39. The van der Waals surface area contributed by atoms with E-state index < -0.39 is 18.3 Å². The second kappa shape index (κ2) is 3.31. The van der Waals surface area contributed by atoms with Crippen LogP contribution in [0.3, 0.4) is 0 Å². The van der Waals surface area contributed by atoms with Crippen LogP contribution in [0.2, 0.25) is 0 Å². The topological polar surface area (TPSA) is 46.2 Å². The molecule has 1 heterocycles. The van der Waals surface area contributed by atoms with E-state index in [-0.39, 0.29) is 0 Å². The Bertz CT molecular complexity index is 210. The van der Waals surface area contributed by atoms with Crippen molar-refractivity contribution in [3.8, 4) is 0 Å². The lowest BCUT2D eigenvalue weighted by atomic mass is 10.5. The molecule has 0 amide bonds. The Kier molecular flexibility index (Phi) is 2.76. The Morgan fingerprint density at radius 1 is 0.786 bits per heavy atom. The molecular formula is C6H9F3O5. The third kappa shape index (κ3) is 1.48. The highest BCUT2D eigenvalue weighted by molar-refractivity contribution is 4.76. The van der Waals surface area contributed by atoms with Gasteiger partial charge in [0.05, 0.1) is 0 Å². The van der Waals surface area contributed by atoms with Crippen molar-refractivity contribution in [2.24, 2.45) is 0 Å². The summed E-state index contributed by atoms with van der Waals surface area (Å²) in [5.74, 6) is 0. The van der Waals surface area contributed by atoms with E-state index in [1.54, 1.807) is 0 Å². The number of rotatable bonds is 3. The molecule has 0 aromatic heterocycles. The molecule has 0 N–H and O–H groups in total.